The minimum absolute atomic E-state index is 0. The number of nitrogen functional groups attached to an aromatic ring is 1. The van der Waals surface area contributed by atoms with Crippen LogP contribution >= 0.6 is 12.4 Å². The molecule has 0 saturated carbocycles. The summed E-state index contributed by atoms with van der Waals surface area (Å²) in [5.41, 5.74) is 7.92. The van der Waals surface area contributed by atoms with E-state index in [0.29, 0.717) is 5.82 Å². The number of ether oxygens (including phenoxy) is 1. The van der Waals surface area contributed by atoms with Gasteiger partial charge in [0.25, 0.3) is 0 Å². The van der Waals surface area contributed by atoms with Crippen molar-refractivity contribution in [3.05, 3.63) is 29.8 Å². The van der Waals surface area contributed by atoms with Gasteiger partial charge in [0.05, 0.1) is 12.6 Å². The first-order chi connectivity index (χ1) is 7.74. The standard InChI is InChI=1S/C13H16N2O.ClH/c1-3-4-10-7-9-5-6-11(16-2)8-12(9)15-13(10)14;/h5-8H,3-4H2,1-2H3,(H2,14,15);1H. The van der Waals surface area contributed by atoms with Gasteiger partial charge >= 0.3 is 0 Å². The fourth-order valence-corrected chi connectivity index (χ4v) is 1.80. The van der Waals surface area contributed by atoms with Crippen molar-refractivity contribution in [2.75, 3.05) is 12.8 Å². The smallest absolute Gasteiger partial charge is 0.127 e. The molecule has 3 nitrogen and oxygen atoms in total. The van der Waals surface area contributed by atoms with Crippen LogP contribution in [0.5, 0.6) is 5.75 Å². The zero-order chi connectivity index (χ0) is 11.5. The molecule has 2 rings (SSSR count). The SMILES string of the molecule is CCCc1cc2ccc(OC)cc2nc1N.Cl. The third-order valence-corrected chi connectivity index (χ3v) is 2.66. The monoisotopic (exact) mass is 252 g/mol. The Hall–Kier alpha value is -1.48. The van der Waals surface area contributed by atoms with E-state index in [1.165, 1.54) is 0 Å². The normalized spacial score (nSPS) is 10.0. The number of hydrogen-bond acceptors (Lipinski definition) is 3. The number of aryl methyl sites for hydroxylation is 1. The summed E-state index contributed by atoms with van der Waals surface area (Å²) >= 11 is 0. The average Bonchev–Trinajstić information content (AvgIpc) is 2.30. The number of nitrogens with zero attached hydrogens (tertiary/aromatic N) is 1. The Bertz CT molecular complexity index is 514. The Balaban J connectivity index is 0.00000144. The lowest BCUT2D eigenvalue weighted by atomic mass is 10.1. The third-order valence-electron chi connectivity index (χ3n) is 2.66. The summed E-state index contributed by atoms with van der Waals surface area (Å²) < 4.78 is 5.16. The van der Waals surface area contributed by atoms with Crippen LogP contribution in [-0.4, -0.2) is 12.1 Å². The molecule has 0 aliphatic heterocycles. The number of nitrogens with two attached hydrogens (primary N) is 1. The van der Waals surface area contributed by atoms with Crippen LogP contribution in [0, 0.1) is 0 Å². The molecule has 0 spiro atoms. The molecule has 0 aliphatic carbocycles. The van der Waals surface area contributed by atoms with Crippen molar-refractivity contribution in [2.45, 2.75) is 19.8 Å². The molecule has 0 radical (unpaired) electrons. The van der Waals surface area contributed by atoms with Crippen LogP contribution in [0.3, 0.4) is 0 Å². The Morgan fingerprint density at radius 1 is 1.29 bits per heavy atom. The first kappa shape index (κ1) is 13.6. The summed E-state index contributed by atoms with van der Waals surface area (Å²) in [4.78, 5) is 4.40. The lowest BCUT2D eigenvalue weighted by Crippen LogP contribution is -1.98. The van der Waals surface area contributed by atoms with Gasteiger partial charge in [-0.15, -0.1) is 12.4 Å². The van der Waals surface area contributed by atoms with Gasteiger partial charge in [0, 0.05) is 11.5 Å². The lowest BCUT2D eigenvalue weighted by Gasteiger charge is -2.07. The van der Waals surface area contributed by atoms with Crippen LogP contribution in [0.15, 0.2) is 24.3 Å². The number of aromatic nitrogens is 1. The number of halogens is 1. The van der Waals surface area contributed by atoms with Crippen LogP contribution < -0.4 is 10.5 Å². The minimum atomic E-state index is 0. The van der Waals surface area contributed by atoms with Crippen LogP contribution in [0.1, 0.15) is 18.9 Å². The molecule has 1 aromatic heterocycles. The molecule has 0 aliphatic rings. The van der Waals surface area contributed by atoms with E-state index in [4.69, 9.17) is 10.5 Å². The fourth-order valence-electron chi connectivity index (χ4n) is 1.80. The van der Waals surface area contributed by atoms with E-state index in [2.05, 4.69) is 18.0 Å². The molecule has 1 heterocycles. The quantitative estimate of drug-likeness (QED) is 0.913. The van der Waals surface area contributed by atoms with Gasteiger partial charge in [-0.2, -0.15) is 0 Å². The molecule has 0 fully saturated rings. The van der Waals surface area contributed by atoms with Crippen molar-refractivity contribution < 1.29 is 4.74 Å². The maximum atomic E-state index is 5.91. The van der Waals surface area contributed by atoms with E-state index < -0.39 is 0 Å². The summed E-state index contributed by atoms with van der Waals surface area (Å²) in [7, 11) is 1.65. The average molecular weight is 253 g/mol. The molecule has 92 valence electrons. The fraction of sp³-hybridized carbons (Fsp3) is 0.308. The number of hydrogen-bond donors (Lipinski definition) is 1. The van der Waals surface area contributed by atoms with Crippen molar-refractivity contribution in [2.24, 2.45) is 0 Å². The Labute approximate surface area is 107 Å². The predicted octanol–water partition coefficient (Wildman–Crippen LogP) is 3.20. The van der Waals surface area contributed by atoms with Crippen molar-refractivity contribution in [1.82, 2.24) is 4.98 Å². The summed E-state index contributed by atoms with van der Waals surface area (Å²) in [5, 5.41) is 1.11. The second-order valence-corrected chi connectivity index (χ2v) is 3.84. The van der Waals surface area contributed by atoms with Crippen molar-refractivity contribution >= 4 is 29.1 Å². The van der Waals surface area contributed by atoms with E-state index in [0.717, 1.165) is 35.1 Å². The molecule has 0 amide bonds. The summed E-state index contributed by atoms with van der Waals surface area (Å²) in [5.74, 6) is 1.44. The molecular formula is C13H17ClN2O. The highest BCUT2D eigenvalue weighted by molar-refractivity contribution is 5.85. The number of rotatable bonds is 3. The van der Waals surface area contributed by atoms with E-state index in [9.17, 15) is 0 Å². The van der Waals surface area contributed by atoms with Crippen LogP contribution in [0.2, 0.25) is 0 Å². The summed E-state index contributed by atoms with van der Waals surface area (Å²) in [6.45, 7) is 2.14. The summed E-state index contributed by atoms with van der Waals surface area (Å²) in [6, 6.07) is 7.97. The first-order valence-corrected chi connectivity index (χ1v) is 5.47. The van der Waals surface area contributed by atoms with E-state index in [-0.39, 0.29) is 12.4 Å². The summed E-state index contributed by atoms with van der Waals surface area (Å²) in [6.07, 6.45) is 2.05. The van der Waals surface area contributed by atoms with E-state index in [1.807, 2.05) is 18.2 Å². The molecule has 17 heavy (non-hydrogen) atoms. The molecule has 0 atom stereocenters. The Kier molecular flexibility index (Phi) is 4.58. The number of methoxy groups -OCH3 is 1. The van der Waals surface area contributed by atoms with Gasteiger partial charge in [-0.25, -0.2) is 4.98 Å². The largest absolute Gasteiger partial charge is 0.497 e. The lowest BCUT2D eigenvalue weighted by molar-refractivity contribution is 0.415. The maximum absolute atomic E-state index is 5.91. The van der Waals surface area contributed by atoms with Crippen LogP contribution in [0.4, 0.5) is 5.82 Å². The van der Waals surface area contributed by atoms with E-state index >= 15 is 0 Å². The van der Waals surface area contributed by atoms with Gasteiger partial charge in [-0.1, -0.05) is 13.3 Å². The Morgan fingerprint density at radius 2 is 2.06 bits per heavy atom. The van der Waals surface area contributed by atoms with Gasteiger partial charge < -0.3 is 10.5 Å². The molecule has 0 bridgehead atoms. The third kappa shape index (κ3) is 2.80. The molecule has 0 unspecified atom stereocenters. The van der Waals surface area contributed by atoms with Gasteiger partial charge in [0.1, 0.15) is 11.6 Å². The second kappa shape index (κ2) is 5.73. The zero-order valence-electron chi connectivity index (χ0n) is 10.1. The Morgan fingerprint density at radius 3 is 2.71 bits per heavy atom. The number of pyridine rings is 1. The van der Waals surface area contributed by atoms with Crippen molar-refractivity contribution in [3.63, 3.8) is 0 Å². The molecule has 1 aromatic carbocycles. The highest BCUT2D eigenvalue weighted by Crippen LogP contribution is 2.23. The molecule has 2 aromatic rings. The van der Waals surface area contributed by atoms with Crippen LogP contribution in [-0.2, 0) is 6.42 Å². The maximum Gasteiger partial charge on any atom is 0.127 e. The van der Waals surface area contributed by atoms with Crippen LogP contribution in [0.25, 0.3) is 10.9 Å². The topological polar surface area (TPSA) is 48.1 Å². The number of benzene rings is 1. The highest BCUT2D eigenvalue weighted by Gasteiger charge is 2.04. The van der Waals surface area contributed by atoms with Gasteiger partial charge in [-0.05, 0) is 30.2 Å². The first-order valence-electron chi connectivity index (χ1n) is 5.47. The molecule has 2 N–H and O–H groups in total. The number of anilines is 1. The van der Waals surface area contributed by atoms with Gasteiger partial charge in [0.2, 0.25) is 0 Å². The minimum Gasteiger partial charge on any atom is -0.497 e. The van der Waals surface area contributed by atoms with E-state index in [1.54, 1.807) is 7.11 Å². The second-order valence-electron chi connectivity index (χ2n) is 3.84. The number of fused-ring (bicyclic) bond motifs is 1. The van der Waals surface area contributed by atoms with Gasteiger partial charge in [0.15, 0.2) is 0 Å². The molecule has 4 heteroatoms. The molecular weight excluding hydrogens is 236 g/mol. The zero-order valence-corrected chi connectivity index (χ0v) is 10.9. The highest BCUT2D eigenvalue weighted by atomic mass is 35.5. The van der Waals surface area contributed by atoms with Crippen molar-refractivity contribution in [3.8, 4) is 5.75 Å². The predicted molar refractivity (Wildman–Crippen MR) is 74.0 cm³/mol. The van der Waals surface area contributed by atoms with Gasteiger partial charge in [-0.3, -0.25) is 0 Å². The molecule has 0 saturated heterocycles. The van der Waals surface area contributed by atoms with Crippen molar-refractivity contribution in [1.29, 1.82) is 0 Å².